The molecule has 3 heterocycles. The van der Waals surface area contributed by atoms with Gasteiger partial charge in [0.25, 0.3) is 0 Å². The van der Waals surface area contributed by atoms with Gasteiger partial charge in [-0.1, -0.05) is 6.07 Å². The van der Waals surface area contributed by atoms with Crippen molar-refractivity contribution in [3.8, 4) is 28.4 Å². The zero-order chi connectivity index (χ0) is 23.1. The first-order chi connectivity index (χ1) is 16.0. The molecule has 2 fully saturated rings. The third-order valence-electron chi connectivity index (χ3n) is 7.10. The van der Waals surface area contributed by atoms with Gasteiger partial charge in [0.2, 0.25) is 0 Å². The predicted octanol–water partition coefficient (Wildman–Crippen LogP) is 3.68. The number of phenolic OH excluding ortho intramolecular Hbond substituents is 1. The molecule has 0 radical (unpaired) electrons. The van der Waals surface area contributed by atoms with Crippen molar-refractivity contribution in [2.24, 2.45) is 0 Å². The van der Waals surface area contributed by atoms with E-state index < -0.39 is 12.1 Å². The van der Waals surface area contributed by atoms with E-state index in [2.05, 4.69) is 4.90 Å². The molecule has 2 aromatic rings. The number of benzene rings is 2. The van der Waals surface area contributed by atoms with Crippen molar-refractivity contribution < 1.29 is 29.2 Å². The zero-order valence-corrected chi connectivity index (χ0v) is 18.9. The molecule has 0 spiro atoms. The van der Waals surface area contributed by atoms with Gasteiger partial charge in [-0.05, 0) is 66.4 Å². The van der Waals surface area contributed by atoms with Crippen LogP contribution in [0.25, 0.3) is 17.2 Å². The van der Waals surface area contributed by atoms with Crippen molar-refractivity contribution in [2.75, 3.05) is 20.8 Å². The van der Waals surface area contributed by atoms with Crippen LogP contribution in [0.4, 0.5) is 0 Å². The van der Waals surface area contributed by atoms with Gasteiger partial charge in [0, 0.05) is 36.6 Å². The Morgan fingerprint density at radius 2 is 1.82 bits per heavy atom. The molecule has 33 heavy (non-hydrogen) atoms. The number of esters is 1. The van der Waals surface area contributed by atoms with Crippen LogP contribution in [-0.4, -0.2) is 60.1 Å². The highest BCUT2D eigenvalue weighted by Gasteiger charge is 2.43. The molecule has 2 aromatic carbocycles. The Bertz CT molecular complexity index is 1100. The fraction of sp³-hybridized carbons (Fsp3) is 0.423. The molecule has 4 bridgehead atoms. The number of aliphatic hydroxyl groups is 1. The molecule has 4 atom stereocenters. The normalized spacial score (nSPS) is 26.8. The number of rotatable bonds is 2. The Morgan fingerprint density at radius 3 is 2.61 bits per heavy atom. The summed E-state index contributed by atoms with van der Waals surface area (Å²) < 4.78 is 17.0. The van der Waals surface area contributed by atoms with Crippen LogP contribution in [0.1, 0.15) is 42.9 Å². The largest absolute Gasteiger partial charge is 0.507 e. The van der Waals surface area contributed by atoms with Crippen LogP contribution in [0.2, 0.25) is 0 Å². The smallest absolute Gasteiger partial charge is 0.331 e. The molecule has 0 aromatic heterocycles. The first-order valence-electron chi connectivity index (χ1n) is 11.4. The lowest BCUT2D eigenvalue weighted by molar-refractivity contribution is -0.151. The average molecular weight is 452 g/mol. The second kappa shape index (κ2) is 8.72. The fourth-order valence-corrected chi connectivity index (χ4v) is 5.54. The molecule has 0 amide bonds. The molecule has 0 unspecified atom stereocenters. The summed E-state index contributed by atoms with van der Waals surface area (Å²) in [5.41, 5.74) is 3.21. The lowest BCUT2D eigenvalue weighted by atomic mass is 9.80. The van der Waals surface area contributed by atoms with Crippen LogP contribution in [0.15, 0.2) is 36.4 Å². The maximum absolute atomic E-state index is 12.6. The van der Waals surface area contributed by atoms with Crippen LogP contribution in [0.3, 0.4) is 0 Å². The summed E-state index contributed by atoms with van der Waals surface area (Å²) in [5.74, 6) is 0.896. The number of hydrogen-bond donors (Lipinski definition) is 2. The van der Waals surface area contributed by atoms with Gasteiger partial charge in [0.15, 0.2) is 11.5 Å². The minimum Gasteiger partial charge on any atom is -0.507 e. The third kappa shape index (κ3) is 3.96. The number of carbonyl (C=O) groups is 1. The lowest BCUT2D eigenvalue weighted by Gasteiger charge is -2.49. The van der Waals surface area contributed by atoms with Crippen LogP contribution >= 0.6 is 0 Å². The van der Waals surface area contributed by atoms with Gasteiger partial charge < -0.3 is 24.4 Å². The second-order valence-corrected chi connectivity index (χ2v) is 8.97. The standard InChI is InChI=1S/C26H29NO6/c1-31-24-13-17-18(14-25(24)32-2)20-11-16(12-21-23(29)4-3-9-27(20)21)33-26(30)8-6-15-5-7-22(28)19(17)10-15/h5-8,10,13-14,16,20-21,23,28-29H,3-4,9,11-12H2,1-2H3/t16-,20+,21+,23-/m1/s1. The SMILES string of the molecule is COc1cc2c(cc1OC)[C@@H]1C[C@H](C[C@H]3[C@H](O)CCCN13)OC(=O)C=Cc1ccc(O)c-2c1. The van der Waals surface area contributed by atoms with Gasteiger partial charge in [-0.2, -0.15) is 0 Å². The number of hydrogen-bond acceptors (Lipinski definition) is 7. The topological polar surface area (TPSA) is 88.5 Å². The van der Waals surface area contributed by atoms with E-state index >= 15 is 0 Å². The Balaban J connectivity index is 1.76. The molecule has 174 valence electrons. The van der Waals surface area contributed by atoms with Crippen LogP contribution in [0.5, 0.6) is 17.2 Å². The minimum atomic E-state index is -0.480. The van der Waals surface area contributed by atoms with Gasteiger partial charge in [0.05, 0.1) is 20.3 Å². The molecule has 3 aliphatic rings. The van der Waals surface area contributed by atoms with E-state index in [0.717, 1.165) is 36.1 Å². The van der Waals surface area contributed by atoms with Crippen molar-refractivity contribution in [1.82, 2.24) is 4.90 Å². The fourth-order valence-electron chi connectivity index (χ4n) is 5.54. The Labute approximate surface area is 193 Å². The van der Waals surface area contributed by atoms with Gasteiger partial charge in [-0.15, -0.1) is 0 Å². The number of piperidine rings is 2. The molecule has 5 rings (SSSR count). The Morgan fingerprint density at radius 1 is 1.03 bits per heavy atom. The highest BCUT2D eigenvalue weighted by Crippen LogP contribution is 2.47. The van der Waals surface area contributed by atoms with Crippen LogP contribution < -0.4 is 9.47 Å². The van der Waals surface area contributed by atoms with Gasteiger partial charge in [-0.3, -0.25) is 4.90 Å². The van der Waals surface area contributed by atoms with E-state index in [9.17, 15) is 15.0 Å². The number of aliphatic hydroxyl groups excluding tert-OH is 1. The number of fused-ring (bicyclic) bond motifs is 9. The van der Waals surface area contributed by atoms with Crippen molar-refractivity contribution in [1.29, 1.82) is 0 Å². The number of nitrogens with zero attached hydrogens (tertiary/aromatic N) is 1. The van der Waals surface area contributed by atoms with E-state index in [1.54, 1.807) is 32.4 Å². The number of carbonyl (C=O) groups excluding carboxylic acids is 1. The molecular weight excluding hydrogens is 422 g/mol. The van der Waals surface area contributed by atoms with E-state index in [0.29, 0.717) is 29.9 Å². The first kappa shape index (κ1) is 21.8. The maximum Gasteiger partial charge on any atom is 0.331 e. The van der Waals surface area contributed by atoms with Crippen LogP contribution in [0, 0.1) is 0 Å². The predicted molar refractivity (Wildman–Crippen MR) is 123 cm³/mol. The number of methoxy groups -OCH3 is 2. The maximum atomic E-state index is 12.6. The summed E-state index contributed by atoms with van der Waals surface area (Å²) in [6.45, 7) is 0.840. The lowest BCUT2D eigenvalue weighted by Crippen LogP contribution is -2.55. The highest BCUT2D eigenvalue weighted by molar-refractivity contribution is 5.88. The number of ether oxygens (including phenoxy) is 3. The van der Waals surface area contributed by atoms with E-state index in [1.807, 2.05) is 18.2 Å². The summed E-state index contributed by atoms with van der Waals surface area (Å²) in [4.78, 5) is 14.9. The van der Waals surface area contributed by atoms with Gasteiger partial charge in [0.1, 0.15) is 11.9 Å². The molecule has 7 heteroatoms. The number of aromatic hydroxyl groups is 1. The molecular formula is C26H29NO6. The highest BCUT2D eigenvalue weighted by atomic mass is 16.5. The van der Waals surface area contributed by atoms with E-state index in [1.165, 1.54) is 6.08 Å². The summed E-state index contributed by atoms with van der Waals surface area (Å²) in [6.07, 6.45) is 5.12. The Hall–Kier alpha value is -3.03. The Kier molecular flexibility index (Phi) is 5.76. The van der Waals surface area contributed by atoms with Gasteiger partial charge >= 0.3 is 5.97 Å². The molecule has 0 saturated carbocycles. The van der Waals surface area contributed by atoms with E-state index in [-0.39, 0.29) is 23.9 Å². The monoisotopic (exact) mass is 451 g/mol. The second-order valence-electron chi connectivity index (χ2n) is 8.97. The van der Waals surface area contributed by atoms with Gasteiger partial charge in [-0.25, -0.2) is 4.79 Å². The quantitative estimate of drug-likeness (QED) is 0.674. The van der Waals surface area contributed by atoms with Crippen molar-refractivity contribution >= 4 is 12.0 Å². The molecule has 3 aliphatic heterocycles. The third-order valence-corrected chi connectivity index (χ3v) is 7.10. The molecule has 0 aliphatic carbocycles. The zero-order valence-electron chi connectivity index (χ0n) is 18.9. The first-order valence-corrected chi connectivity index (χ1v) is 11.4. The molecule has 2 N–H and O–H groups in total. The average Bonchev–Trinajstić information content (AvgIpc) is 2.82. The van der Waals surface area contributed by atoms with Crippen molar-refractivity contribution in [3.63, 3.8) is 0 Å². The molecule has 2 saturated heterocycles. The van der Waals surface area contributed by atoms with Crippen molar-refractivity contribution in [3.05, 3.63) is 47.5 Å². The summed E-state index contributed by atoms with van der Waals surface area (Å²) in [5, 5.41) is 21.6. The van der Waals surface area contributed by atoms with E-state index in [4.69, 9.17) is 14.2 Å². The summed E-state index contributed by atoms with van der Waals surface area (Å²) in [6, 6.07) is 8.85. The summed E-state index contributed by atoms with van der Waals surface area (Å²) >= 11 is 0. The molecule has 7 nitrogen and oxygen atoms in total. The van der Waals surface area contributed by atoms with Crippen LogP contribution in [-0.2, 0) is 9.53 Å². The minimum absolute atomic E-state index is 0.108. The van der Waals surface area contributed by atoms with Crippen molar-refractivity contribution in [2.45, 2.75) is 50.0 Å². The number of phenols is 1. The summed E-state index contributed by atoms with van der Waals surface area (Å²) in [7, 11) is 3.19.